The number of ether oxygens (including phenoxy) is 1. The number of aliphatic imine (C=N–C) groups is 1. The molecule has 0 radical (unpaired) electrons. The molecule has 2 rings (SSSR count). The number of nitrogens with one attached hydrogen (secondary N) is 1. The Balaban J connectivity index is 2.08. The molecule has 140 valence electrons. The highest BCUT2D eigenvalue weighted by molar-refractivity contribution is 5.93. The smallest absolute Gasteiger partial charge is 0.408 e. The lowest BCUT2D eigenvalue weighted by atomic mass is 9.85. The van der Waals surface area contributed by atoms with Crippen LogP contribution in [0.4, 0.5) is 4.79 Å². The predicted octanol–water partition coefficient (Wildman–Crippen LogP) is 2.29. The highest BCUT2D eigenvalue weighted by Gasteiger charge is 2.42. The Morgan fingerprint density at radius 2 is 1.80 bits per heavy atom. The SMILES string of the molecule is C=NC(=O)[C@@H]1CCCN1C(=O)[C@@H](NC(=O)OC1CCCC1)C(C)(C)C. The number of hydrogen-bond acceptors (Lipinski definition) is 4. The molecule has 0 aromatic rings. The summed E-state index contributed by atoms with van der Waals surface area (Å²) >= 11 is 0. The topological polar surface area (TPSA) is 88.1 Å². The molecule has 0 spiro atoms. The normalized spacial score (nSPS) is 22.5. The van der Waals surface area contributed by atoms with Crippen molar-refractivity contribution in [2.45, 2.75) is 77.5 Å². The molecule has 25 heavy (non-hydrogen) atoms. The van der Waals surface area contributed by atoms with Crippen molar-refractivity contribution in [2.24, 2.45) is 10.4 Å². The maximum absolute atomic E-state index is 13.0. The first-order valence-corrected chi connectivity index (χ1v) is 9.02. The van der Waals surface area contributed by atoms with Gasteiger partial charge in [0.25, 0.3) is 5.91 Å². The van der Waals surface area contributed by atoms with E-state index in [1.54, 1.807) is 0 Å². The summed E-state index contributed by atoms with van der Waals surface area (Å²) in [5.41, 5.74) is -0.510. The van der Waals surface area contributed by atoms with Gasteiger partial charge in [0, 0.05) is 6.54 Å². The third kappa shape index (κ3) is 4.80. The molecule has 1 heterocycles. The van der Waals surface area contributed by atoms with Crippen molar-refractivity contribution in [1.82, 2.24) is 10.2 Å². The van der Waals surface area contributed by atoms with E-state index in [0.29, 0.717) is 13.0 Å². The fraction of sp³-hybridized carbons (Fsp3) is 0.778. The van der Waals surface area contributed by atoms with Gasteiger partial charge in [-0.25, -0.2) is 9.79 Å². The Morgan fingerprint density at radius 1 is 1.16 bits per heavy atom. The molecule has 0 aromatic heterocycles. The van der Waals surface area contributed by atoms with Crippen LogP contribution in [0.1, 0.15) is 59.3 Å². The summed E-state index contributed by atoms with van der Waals surface area (Å²) in [6.45, 7) is 9.39. The molecule has 0 aromatic carbocycles. The molecule has 0 bridgehead atoms. The molecule has 3 amide bonds. The number of carbonyl (C=O) groups excluding carboxylic acids is 3. The molecule has 1 aliphatic carbocycles. The largest absolute Gasteiger partial charge is 0.446 e. The van der Waals surface area contributed by atoms with Gasteiger partial charge in [-0.2, -0.15) is 0 Å². The molecule has 7 heteroatoms. The molecule has 2 fully saturated rings. The van der Waals surface area contributed by atoms with Gasteiger partial charge >= 0.3 is 6.09 Å². The van der Waals surface area contributed by atoms with E-state index in [0.717, 1.165) is 32.1 Å². The Kier molecular flexibility index (Phi) is 6.19. The zero-order valence-corrected chi connectivity index (χ0v) is 15.4. The maximum atomic E-state index is 13.0. The second-order valence-electron chi connectivity index (χ2n) is 7.94. The van der Waals surface area contributed by atoms with Crippen LogP contribution in [0.2, 0.25) is 0 Å². The molecule has 1 aliphatic heterocycles. The summed E-state index contributed by atoms with van der Waals surface area (Å²) in [6, 6.07) is -1.35. The van der Waals surface area contributed by atoms with E-state index in [2.05, 4.69) is 17.0 Å². The first-order chi connectivity index (χ1) is 11.7. The van der Waals surface area contributed by atoms with Crippen LogP contribution in [0.5, 0.6) is 0 Å². The van der Waals surface area contributed by atoms with E-state index >= 15 is 0 Å². The number of alkyl carbamates (subject to hydrolysis) is 1. The van der Waals surface area contributed by atoms with Crippen molar-refractivity contribution in [1.29, 1.82) is 0 Å². The fourth-order valence-corrected chi connectivity index (χ4v) is 3.52. The molecule has 2 atom stereocenters. The monoisotopic (exact) mass is 351 g/mol. The summed E-state index contributed by atoms with van der Waals surface area (Å²) in [5, 5.41) is 2.73. The van der Waals surface area contributed by atoms with Crippen LogP contribution in [0, 0.1) is 5.41 Å². The summed E-state index contributed by atoms with van der Waals surface area (Å²) in [6.07, 6.45) is 4.54. The highest BCUT2D eigenvalue weighted by Crippen LogP contribution is 2.27. The first kappa shape index (κ1) is 19.4. The third-order valence-electron chi connectivity index (χ3n) is 4.93. The summed E-state index contributed by atoms with van der Waals surface area (Å²) in [7, 11) is 0. The van der Waals surface area contributed by atoms with Gasteiger partial charge in [-0.05, 0) is 50.7 Å². The number of carbonyl (C=O) groups is 3. The minimum absolute atomic E-state index is 0.0678. The van der Waals surface area contributed by atoms with E-state index in [1.165, 1.54) is 4.90 Å². The lowest BCUT2D eigenvalue weighted by Crippen LogP contribution is -2.56. The quantitative estimate of drug-likeness (QED) is 0.787. The molecule has 1 saturated carbocycles. The minimum Gasteiger partial charge on any atom is -0.446 e. The van der Waals surface area contributed by atoms with Gasteiger partial charge in [0.15, 0.2) is 0 Å². The standard InChI is InChI=1S/C18H29N3O4/c1-18(2,3)14(20-17(24)25-12-8-5-6-9-12)16(23)21-11-7-10-13(21)15(22)19-4/h12-14H,4-11H2,1-3H3,(H,20,24)/t13-,14+/m0/s1. The maximum Gasteiger partial charge on any atom is 0.408 e. The Bertz CT molecular complexity index is 535. The molecule has 0 unspecified atom stereocenters. The van der Waals surface area contributed by atoms with Crippen LogP contribution in [0.3, 0.4) is 0 Å². The summed E-state index contributed by atoms with van der Waals surface area (Å²) < 4.78 is 5.43. The Labute approximate surface area is 149 Å². The zero-order chi connectivity index (χ0) is 18.6. The van der Waals surface area contributed by atoms with Crippen molar-refractivity contribution >= 4 is 24.6 Å². The van der Waals surface area contributed by atoms with Crippen LogP contribution in [-0.2, 0) is 14.3 Å². The van der Waals surface area contributed by atoms with Crippen LogP contribution in [-0.4, -0.2) is 54.3 Å². The molecule has 7 nitrogen and oxygen atoms in total. The number of amides is 3. The predicted molar refractivity (Wildman–Crippen MR) is 94.4 cm³/mol. The molecule has 1 N–H and O–H groups in total. The first-order valence-electron chi connectivity index (χ1n) is 9.02. The van der Waals surface area contributed by atoms with Crippen LogP contribution in [0.25, 0.3) is 0 Å². The van der Waals surface area contributed by atoms with Gasteiger partial charge in [0.05, 0.1) is 0 Å². The lowest BCUT2D eigenvalue weighted by molar-refractivity contribution is -0.141. The second kappa shape index (κ2) is 7.97. The second-order valence-corrected chi connectivity index (χ2v) is 7.94. The van der Waals surface area contributed by atoms with Crippen LogP contribution in [0.15, 0.2) is 4.99 Å². The average Bonchev–Trinajstić information content (AvgIpc) is 3.21. The van der Waals surface area contributed by atoms with Crippen LogP contribution < -0.4 is 5.32 Å². The van der Waals surface area contributed by atoms with E-state index in [-0.39, 0.29) is 12.0 Å². The Morgan fingerprint density at radius 3 is 2.36 bits per heavy atom. The van der Waals surface area contributed by atoms with Crippen LogP contribution >= 0.6 is 0 Å². The van der Waals surface area contributed by atoms with Gasteiger partial charge < -0.3 is 15.0 Å². The van der Waals surface area contributed by atoms with Crippen molar-refractivity contribution in [3.8, 4) is 0 Å². The van der Waals surface area contributed by atoms with E-state index in [4.69, 9.17) is 4.74 Å². The van der Waals surface area contributed by atoms with Gasteiger partial charge in [-0.15, -0.1) is 0 Å². The van der Waals surface area contributed by atoms with Crippen molar-refractivity contribution in [2.75, 3.05) is 6.54 Å². The molecule has 1 saturated heterocycles. The Hall–Kier alpha value is -1.92. The summed E-state index contributed by atoms with van der Waals surface area (Å²) in [4.78, 5) is 42.2. The van der Waals surface area contributed by atoms with Crippen molar-refractivity contribution in [3.05, 3.63) is 0 Å². The van der Waals surface area contributed by atoms with Crippen molar-refractivity contribution < 1.29 is 19.1 Å². The van der Waals surface area contributed by atoms with Crippen molar-refractivity contribution in [3.63, 3.8) is 0 Å². The van der Waals surface area contributed by atoms with Gasteiger partial charge in [-0.1, -0.05) is 20.8 Å². The molecular formula is C18H29N3O4. The van der Waals surface area contributed by atoms with Gasteiger partial charge in [0.2, 0.25) is 5.91 Å². The number of rotatable bonds is 4. The van der Waals surface area contributed by atoms with E-state index < -0.39 is 29.5 Å². The third-order valence-corrected chi connectivity index (χ3v) is 4.93. The minimum atomic E-state index is -0.764. The fourth-order valence-electron chi connectivity index (χ4n) is 3.52. The van der Waals surface area contributed by atoms with E-state index in [1.807, 2.05) is 20.8 Å². The molecule has 2 aliphatic rings. The zero-order valence-electron chi connectivity index (χ0n) is 15.4. The average molecular weight is 351 g/mol. The van der Waals surface area contributed by atoms with Gasteiger partial charge in [0.1, 0.15) is 18.2 Å². The number of likely N-dealkylation sites (tertiary alicyclic amines) is 1. The van der Waals surface area contributed by atoms with Gasteiger partial charge in [-0.3, -0.25) is 9.59 Å². The lowest BCUT2D eigenvalue weighted by Gasteiger charge is -2.35. The number of nitrogens with zero attached hydrogens (tertiary/aromatic N) is 2. The highest BCUT2D eigenvalue weighted by atomic mass is 16.6. The number of hydrogen-bond donors (Lipinski definition) is 1. The van der Waals surface area contributed by atoms with E-state index in [9.17, 15) is 14.4 Å². The molecular weight excluding hydrogens is 322 g/mol. The summed E-state index contributed by atoms with van der Waals surface area (Å²) in [5.74, 6) is -0.664.